The molecule has 4 N–H and O–H groups in total. The number of aliphatic hydroxyl groups is 4. The van der Waals surface area contributed by atoms with Crippen molar-refractivity contribution in [1.82, 2.24) is 0 Å². The van der Waals surface area contributed by atoms with Crippen molar-refractivity contribution in [2.75, 3.05) is 26.7 Å². The van der Waals surface area contributed by atoms with E-state index in [9.17, 15) is 33.6 Å². The largest absolute Gasteiger partial charge is 0.542 e. The summed E-state index contributed by atoms with van der Waals surface area (Å²) in [6.07, 6.45) is -8.04. The molecular formula is C34H39ClF3NO8. The molecular weight excluding hydrogens is 643 g/mol. The van der Waals surface area contributed by atoms with Crippen LogP contribution in [0.5, 0.6) is 5.75 Å². The molecule has 5 rings (SSSR count). The Balaban J connectivity index is 0.000000644. The van der Waals surface area contributed by atoms with Gasteiger partial charge >= 0.3 is 6.18 Å². The quantitative estimate of drug-likeness (QED) is 0.253. The maximum Gasteiger partial charge on any atom is 0.430 e. The average molecular weight is 682 g/mol. The van der Waals surface area contributed by atoms with Crippen LogP contribution in [0.25, 0.3) is 0 Å². The minimum Gasteiger partial charge on any atom is -0.542 e. The minimum atomic E-state index is -5.19. The molecule has 2 fully saturated rings. The number of alkyl halides is 3. The van der Waals surface area contributed by atoms with Crippen molar-refractivity contribution in [3.05, 3.63) is 99.6 Å². The van der Waals surface area contributed by atoms with Gasteiger partial charge in [-0.05, 0) is 46.9 Å². The Morgan fingerprint density at radius 2 is 1.51 bits per heavy atom. The molecule has 3 aromatic rings. The first-order valence-corrected chi connectivity index (χ1v) is 15.6. The van der Waals surface area contributed by atoms with E-state index in [-0.39, 0.29) is 0 Å². The lowest BCUT2D eigenvalue weighted by molar-refractivity contribution is -0.910. The number of carbonyl (C=O) groups excluding carboxylic acids is 1. The smallest absolute Gasteiger partial charge is 0.430 e. The van der Waals surface area contributed by atoms with Crippen molar-refractivity contribution >= 4 is 17.6 Å². The van der Waals surface area contributed by atoms with Gasteiger partial charge in [0.25, 0.3) is 0 Å². The number of aliphatic hydroxyl groups excluding tert-OH is 4. The minimum absolute atomic E-state index is 0.472. The first-order chi connectivity index (χ1) is 22.2. The fourth-order valence-corrected chi connectivity index (χ4v) is 6.00. The summed E-state index contributed by atoms with van der Waals surface area (Å²) in [7, 11) is 2.35. The van der Waals surface area contributed by atoms with E-state index in [0.717, 1.165) is 33.5 Å². The third kappa shape index (κ3) is 9.89. The topological polar surface area (TPSA) is 140 Å². The van der Waals surface area contributed by atoms with Crippen molar-refractivity contribution < 1.29 is 57.5 Å². The molecule has 0 spiro atoms. The molecule has 2 aliphatic rings. The molecule has 5 atom stereocenters. The fourth-order valence-electron chi connectivity index (χ4n) is 5.81. The second-order valence-corrected chi connectivity index (χ2v) is 12.7. The number of ether oxygens (including phenoxy) is 2. The summed E-state index contributed by atoms with van der Waals surface area (Å²) < 4.78 is 44.4. The maximum absolute atomic E-state index is 10.5. The van der Waals surface area contributed by atoms with Crippen LogP contribution in [0.4, 0.5) is 13.2 Å². The Bertz CT molecular complexity index is 1460. The van der Waals surface area contributed by atoms with Gasteiger partial charge in [0.15, 0.2) is 0 Å². The molecule has 2 saturated heterocycles. The molecule has 13 heteroatoms. The van der Waals surface area contributed by atoms with Gasteiger partial charge in [-0.15, -0.1) is 0 Å². The first kappa shape index (κ1) is 36.6. The Kier molecular flexibility index (Phi) is 12.3. The number of rotatable bonds is 9. The van der Waals surface area contributed by atoms with Gasteiger partial charge in [0.2, 0.25) is 0 Å². The lowest BCUT2D eigenvalue weighted by atomic mass is 9.90. The molecule has 3 aromatic carbocycles. The SMILES string of the molecule is C[N+]1(Cc2ccc(COc3ccc(Cc4cc([C@@H]5O[C@H](CO)[C@@H](O)[C@H](O)[C@H]5O)ccc4Cl)cc3)cc2)CCCC1.O=C([O-])C(F)(F)F. The van der Waals surface area contributed by atoms with Crippen molar-refractivity contribution in [2.45, 2.75) is 69.1 Å². The molecule has 2 aliphatic heterocycles. The van der Waals surface area contributed by atoms with Crippen LogP contribution < -0.4 is 9.84 Å². The van der Waals surface area contributed by atoms with Crippen LogP contribution in [0.1, 0.15) is 46.8 Å². The van der Waals surface area contributed by atoms with E-state index in [1.807, 2.05) is 30.3 Å². The van der Waals surface area contributed by atoms with E-state index in [1.54, 1.807) is 12.1 Å². The highest BCUT2D eigenvalue weighted by Gasteiger charge is 2.44. The molecule has 0 unspecified atom stereocenters. The number of nitrogens with zero attached hydrogens (tertiary/aromatic N) is 1. The first-order valence-electron chi connectivity index (χ1n) is 15.2. The van der Waals surface area contributed by atoms with Gasteiger partial charge in [-0.25, -0.2) is 0 Å². The molecule has 0 aliphatic carbocycles. The Hall–Kier alpha value is -3.23. The van der Waals surface area contributed by atoms with E-state index >= 15 is 0 Å². The molecule has 0 aromatic heterocycles. The van der Waals surface area contributed by atoms with E-state index in [4.69, 9.17) is 31.0 Å². The summed E-state index contributed by atoms with van der Waals surface area (Å²) in [5.41, 5.74) is 4.97. The number of aliphatic carboxylic acids is 1. The van der Waals surface area contributed by atoms with E-state index in [0.29, 0.717) is 23.6 Å². The van der Waals surface area contributed by atoms with Gasteiger partial charge < -0.3 is 44.3 Å². The fraction of sp³-hybridized carbons (Fsp3) is 0.441. The molecule has 256 valence electrons. The number of benzene rings is 3. The molecule has 47 heavy (non-hydrogen) atoms. The third-order valence-electron chi connectivity index (χ3n) is 8.48. The second kappa shape index (κ2) is 15.8. The summed E-state index contributed by atoms with van der Waals surface area (Å²) >= 11 is 6.49. The van der Waals surface area contributed by atoms with E-state index < -0.39 is 49.3 Å². The maximum atomic E-state index is 10.5. The number of likely N-dealkylation sites (tertiary alicyclic amines) is 1. The summed E-state index contributed by atoms with van der Waals surface area (Å²) in [5.74, 6) is -2.23. The number of hydrogen-bond donors (Lipinski definition) is 4. The van der Waals surface area contributed by atoms with Crippen LogP contribution in [-0.4, -0.2) is 88.2 Å². The van der Waals surface area contributed by atoms with Crippen LogP contribution in [0, 0.1) is 0 Å². The van der Waals surface area contributed by atoms with Gasteiger partial charge in [0.05, 0.1) is 26.7 Å². The molecule has 0 saturated carbocycles. The summed E-state index contributed by atoms with van der Waals surface area (Å²) in [6, 6.07) is 21.9. The number of carbonyl (C=O) groups is 1. The van der Waals surface area contributed by atoms with Gasteiger partial charge in [-0.3, -0.25) is 0 Å². The highest BCUT2D eigenvalue weighted by Crippen LogP contribution is 2.34. The second-order valence-electron chi connectivity index (χ2n) is 12.2. The highest BCUT2D eigenvalue weighted by atomic mass is 35.5. The van der Waals surface area contributed by atoms with Gasteiger partial charge in [0, 0.05) is 23.4 Å². The third-order valence-corrected chi connectivity index (χ3v) is 8.85. The normalized spacial score (nSPS) is 23.9. The zero-order valence-corrected chi connectivity index (χ0v) is 26.5. The molecule has 2 heterocycles. The zero-order chi connectivity index (χ0) is 34.4. The summed E-state index contributed by atoms with van der Waals surface area (Å²) in [6.45, 7) is 3.63. The molecule has 0 radical (unpaired) electrons. The van der Waals surface area contributed by atoms with E-state index in [2.05, 4.69) is 31.3 Å². The average Bonchev–Trinajstić information content (AvgIpc) is 3.47. The summed E-state index contributed by atoms with van der Waals surface area (Å²) in [5, 5.41) is 49.6. The van der Waals surface area contributed by atoms with Crippen LogP contribution in [0.2, 0.25) is 5.02 Å². The van der Waals surface area contributed by atoms with E-state index in [1.165, 1.54) is 31.5 Å². The Morgan fingerprint density at radius 1 is 0.936 bits per heavy atom. The van der Waals surface area contributed by atoms with Crippen LogP contribution in [0.3, 0.4) is 0 Å². The van der Waals surface area contributed by atoms with Gasteiger partial charge in [-0.1, -0.05) is 60.1 Å². The molecule has 0 bridgehead atoms. The van der Waals surface area contributed by atoms with Gasteiger partial charge in [-0.2, -0.15) is 13.2 Å². The van der Waals surface area contributed by atoms with Crippen LogP contribution in [-0.2, 0) is 29.1 Å². The number of carboxylic acid groups (broad SMARTS) is 1. The van der Waals surface area contributed by atoms with Crippen LogP contribution in [0.15, 0.2) is 66.7 Å². The molecule has 0 amide bonds. The number of carboxylic acids is 1. The van der Waals surface area contributed by atoms with Gasteiger partial charge in [0.1, 0.15) is 55.4 Å². The standard InChI is InChI=1S/C32H39ClNO6.C2HF3O2/c1-34(14-2-3-15-34)18-22-4-6-23(7-5-22)20-39-26-11-8-21(9-12-26)16-25-17-24(10-13-27(25)33)32-31(38)30(37)29(36)28(19-35)40-32;3-2(4,5)1(6)7/h4-13,17,28-32,35-38H,2-3,14-16,18-20H2,1H3;(H,6,7)/q+1;/p-1/t28-,29-,30+,31-,32+;/m1./s1. The number of hydrogen-bond acceptors (Lipinski definition) is 8. The van der Waals surface area contributed by atoms with Crippen LogP contribution >= 0.6 is 11.6 Å². The van der Waals surface area contributed by atoms with Crippen molar-refractivity contribution in [3.8, 4) is 5.75 Å². The monoisotopic (exact) mass is 681 g/mol. The number of quaternary nitrogens is 1. The number of halogens is 4. The molecule has 9 nitrogen and oxygen atoms in total. The highest BCUT2D eigenvalue weighted by molar-refractivity contribution is 6.31. The van der Waals surface area contributed by atoms with Crippen molar-refractivity contribution in [2.24, 2.45) is 0 Å². The Morgan fingerprint density at radius 3 is 2.09 bits per heavy atom. The lowest BCUT2D eigenvalue weighted by Gasteiger charge is -2.40. The zero-order valence-electron chi connectivity index (χ0n) is 25.8. The van der Waals surface area contributed by atoms with Crippen molar-refractivity contribution in [1.29, 1.82) is 0 Å². The predicted octanol–water partition coefficient (Wildman–Crippen LogP) is 3.06. The predicted molar refractivity (Wildman–Crippen MR) is 164 cm³/mol. The Labute approximate surface area is 276 Å². The summed E-state index contributed by atoms with van der Waals surface area (Å²) in [4.78, 5) is 8.78. The van der Waals surface area contributed by atoms with Crippen molar-refractivity contribution in [3.63, 3.8) is 0 Å². The lowest BCUT2D eigenvalue weighted by Crippen LogP contribution is -2.55.